The minimum absolute atomic E-state index is 0.787. The summed E-state index contributed by atoms with van der Waals surface area (Å²) in [6.45, 7) is 0. The first-order valence-corrected chi connectivity index (χ1v) is 4.95. The van der Waals surface area contributed by atoms with Crippen LogP contribution in [0.5, 0.6) is 0 Å². The molecule has 0 saturated carbocycles. The smallest absolute Gasteiger partial charge is 0.198 e. The first kappa shape index (κ1) is 7.65. The standard InChI is InChI=1S/C5H2I2N4/c6-3-2-11-4(1-8-3)9-10-5(11)7/h1-2H. The van der Waals surface area contributed by atoms with Crippen LogP contribution >= 0.6 is 45.2 Å². The van der Waals surface area contributed by atoms with Crippen LogP contribution in [0.2, 0.25) is 0 Å². The molecule has 0 aliphatic rings. The minimum atomic E-state index is 0.787. The van der Waals surface area contributed by atoms with Crippen molar-refractivity contribution >= 4 is 50.8 Å². The lowest BCUT2D eigenvalue weighted by Crippen LogP contribution is -1.90. The Bertz CT molecular complexity index is 396. The van der Waals surface area contributed by atoms with Crippen LogP contribution in [0.25, 0.3) is 5.65 Å². The van der Waals surface area contributed by atoms with Gasteiger partial charge in [0.25, 0.3) is 0 Å². The maximum atomic E-state index is 4.08. The summed E-state index contributed by atoms with van der Waals surface area (Å²) in [5.74, 6) is 0. The van der Waals surface area contributed by atoms with Crippen molar-refractivity contribution in [1.29, 1.82) is 0 Å². The average Bonchev–Trinajstić information content (AvgIpc) is 2.33. The lowest BCUT2D eigenvalue weighted by molar-refractivity contribution is 1.04. The Kier molecular flexibility index (Phi) is 1.95. The fraction of sp³-hybridized carbons (Fsp3) is 0. The number of fused-ring (bicyclic) bond motifs is 1. The fourth-order valence-corrected chi connectivity index (χ4v) is 1.66. The van der Waals surface area contributed by atoms with Crippen molar-refractivity contribution in [3.8, 4) is 0 Å². The zero-order valence-corrected chi connectivity index (χ0v) is 9.51. The van der Waals surface area contributed by atoms with Crippen molar-refractivity contribution in [2.24, 2.45) is 0 Å². The van der Waals surface area contributed by atoms with Gasteiger partial charge in [0, 0.05) is 28.8 Å². The summed E-state index contributed by atoms with van der Waals surface area (Å²) in [7, 11) is 0. The lowest BCUT2D eigenvalue weighted by atomic mass is 10.7. The van der Waals surface area contributed by atoms with E-state index in [-0.39, 0.29) is 0 Å². The molecule has 0 aliphatic heterocycles. The number of aromatic nitrogens is 4. The molecule has 0 bridgehead atoms. The summed E-state index contributed by atoms with van der Waals surface area (Å²) < 4.78 is 3.70. The Hall–Kier alpha value is 0.01000. The van der Waals surface area contributed by atoms with Gasteiger partial charge in [0.15, 0.2) is 9.48 Å². The Morgan fingerprint density at radius 3 is 2.91 bits per heavy atom. The van der Waals surface area contributed by atoms with Crippen LogP contribution in [0.15, 0.2) is 12.4 Å². The van der Waals surface area contributed by atoms with Gasteiger partial charge in [-0.15, -0.1) is 10.2 Å². The highest BCUT2D eigenvalue weighted by molar-refractivity contribution is 14.1. The molecular formula is C5H2I2N4. The Balaban J connectivity index is 2.87. The second-order valence-electron chi connectivity index (χ2n) is 1.91. The fourth-order valence-electron chi connectivity index (χ4n) is 0.750. The van der Waals surface area contributed by atoms with Crippen molar-refractivity contribution in [3.05, 3.63) is 19.9 Å². The van der Waals surface area contributed by atoms with Crippen LogP contribution in [0, 0.1) is 7.53 Å². The van der Waals surface area contributed by atoms with E-state index in [1.165, 1.54) is 0 Å². The highest BCUT2D eigenvalue weighted by Gasteiger charge is 2.00. The van der Waals surface area contributed by atoms with E-state index in [2.05, 4.69) is 60.4 Å². The van der Waals surface area contributed by atoms with Crippen LogP contribution in [0.1, 0.15) is 0 Å². The largest absolute Gasteiger partial charge is 0.274 e. The molecule has 2 heterocycles. The van der Waals surface area contributed by atoms with Crippen molar-refractivity contribution in [1.82, 2.24) is 19.6 Å². The van der Waals surface area contributed by atoms with Gasteiger partial charge in [-0.3, -0.25) is 4.40 Å². The second-order valence-corrected chi connectivity index (χ2v) is 3.98. The first-order chi connectivity index (χ1) is 5.27. The number of nitrogens with zero attached hydrogens (tertiary/aromatic N) is 4. The van der Waals surface area contributed by atoms with Gasteiger partial charge in [-0.1, -0.05) is 0 Å². The molecular weight excluding hydrogens is 370 g/mol. The van der Waals surface area contributed by atoms with Gasteiger partial charge in [0.2, 0.25) is 0 Å². The maximum absolute atomic E-state index is 4.08. The molecule has 11 heavy (non-hydrogen) atoms. The van der Waals surface area contributed by atoms with Gasteiger partial charge in [-0.25, -0.2) is 4.98 Å². The van der Waals surface area contributed by atoms with Gasteiger partial charge in [0.05, 0.1) is 6.20 Å². The van der Waals surface area contributed by atoms with Gasteiger partial charge in [-0.2, -0.15) is 0 Å². The molecule has 6 heteroatoms. The number of hydrogen-bond acceptors (Lipinski definition) is 3. The topological polar surface area (TPSA) is 43.1 Å². The molecule has 0 radical (unpaired) electrons. The summed E-state index contributed by atoms with van der Waals surface area (Å²) in [6.07, 6.45) is 3.61. The molecule has 0 aromatic carbocycles. The summed E-state index contributed by atoms with van der Waals surface area (Å²) in [6, 6.07) is 0. The number of halogens is 2. The predicted molar refractivity (Wildman–Crippen MR) is 56.2 cm³/mol. The summed E-state index contributed by atoms with van der Waals surface area (Å²) in [5.41, 5.74) is 0.787. The SMILES string of the molecule is Ic1cn2c(I)nnc2cn1. The molecule has 0 amide bonds. The summed E-state index contributed by atoms with van der Waals surface area (Å²) in [5, 5.41) is 7.79. The zero-order valence-electron chi connectivity index (χ0n) is 5.20. The van der Waals surface area contributed by atoms with Crippen LogP contribution < -0.4 is 0 Å². The third kappa shape index (κ3) is 1.33. The Morgan fingerprint density at radius 2 is 2.09 bits per heavy atom. The monoisotopic (exact) mass is 372 g/mol. The van der Waals surface area contributed by atoms with Crippen molar-refractivity contribution in [2.45, 2.75) is 0 Å². The molecule has 2 aromatic heterocycles. The van der Waals surface area contributed by atoms with Crippen LogP contribution in [0.4, 0.5) is 0 Å². The van der Waals surface area contributed by atoms with Gasteiger partial charge in [-0.05, 0) is 22.6 Å². The predicted octanol–water partition coefficient (Wildman–Crippen LogP) is 1.33. The van der Waals surface area contributed by atoms with Gasteiger partial charge >= 0.3 is 0 Å². The van der Waals surface area contributed by atoms with Crippen LogP contribution in [-0.4, -0.2) is 19.6 Å². The molecule has 0 aliphatic carbocycles. The molecule has 0 unspecified atom stereocenters. The molecule has 0 spiro atoms. The molecule has 0 saturated heterocycles. The molecule has 0 N–H and O–H groups in total. The molecule has 2 aromatic rings. The van der Waals surface area contributed by atoms with E-state index in [1.54, 1.807) is 6.20 Å². The second kappa shape index (κ2) is 2.81. The third-order valence-electron chi connectivity index (χ3n) is 1.22. The summed E-state index contributed by atoms with van der Waals surface area (Å²) >= 11 is 4.28. The normalized spacial score (nSPS) is 10.7. The van der Waals surface area contributed by atoms with Gasteiger partial charge < -0.3 is 0 Å². The van der Waals surface area contributed by atoms with Crippen molar-refractivity contribution in [2.75, 3.05) is 0 Å². The van der Waals surface area contributed by atoms with E-state index in [1.807, 2.05) is 10.6 Å². The van der Waals surface area contributed by atoms with Crippen LogP contribution in [0.3, 0.4) is 0 Å². The molecule has 0 fully saturated rings. The van der Waals surface area contributed by atoms with E-state index < -0.39 is 0 Å². The number of rotatable bonds is 0. The highest BCUT2D eigenvalue weighted by atomic mass is 127. The molecule has 2 rings (SSSR count). The first-order valence-electron chi connectivity index (χ1n) is 2.79. The molecule has 0 atom stereocenters. The molecule has 56 valence electrons. The lowest BCUT2D eigenvalue weighted by Gasteiger charge is -1.91. The Labute approximate surface area is 89.7 Å². The van der Waals surface area contributed by atoms with Crippen molar-refractivity contribution < 1.29 is 0 Å². The number of hydrogen-bond donors (Lipinski definition) is 0. The van der Waals surface area contributed by atoms with Gasteiger partial charge in [0.1, 0.15) is 3.70 Å². The van der Waals surface area contributed by atoms with E-state index in [0.29, 0.717) is 0 Å². The van der Waals surface area contributed by atoms with Crippen molar-refractivity contribution in [3.63, 3.8) is 0 Å². The van der Waals surface area contributed by atoms with E-state index in [0.717, 1.165) is 13.2 Å². The maximum Gasteiger partial charge on any atom is 0.198 e. The molecule has 4 nitrogen and oxygen atoms in total. The minimum Gasteiger partial charge on any atom is -0.274 e. The summed E-state index contributed by atoms with van der Waals surface area (Å²) in [4.78, 5) is 4.08. The third-order valence-corrected chi connectivity index (χ3v) is 2.51. The van der Waals surface area contributed by atoms with E-state index in [4.69, 9.17) is 0 Å². The average molecular weight is 372 g/mol. The van der Waals surface area contributed by atoms with E-state index >= 15 is 0 Å². The zero-order chi connectivity index (χ0) is 7.84. The Morgan fingerprint density at radius 1 is 1.27 bits per heavy atom. The quantitative estimate of drug-likeness (QED) is 0.656. The highest BCUT2D eigenvalue weighted by Crippen LogP contribution is 2.06. The van der Waals surface area contributed by atoms with E-state index in [9.17, 15) is 0 Å². The van der Waals surface area contributed by atoms with Crippen LogP contribution in [-0.2, 0) is 0 Å².